The van der Waals surface area contributed by atoms with Gasteiger partial charge < -0.3 is 20.3 Å². The van der Waals surface area contributed by atoms with Crippen LogP contribution in [0.4, 0.5) is 0 Å². The van der Waals surface area contributed by atoms with Gasteiger partial charge in [0.2, 0.25) is 5.91 Å². The van der Waals surface area contributed by atoms with E-state index in [-0.39, 0.29) is 36.4 Å². The van der Waals surface area contributed by atoms with Gasteiger partial charge in [-0.15, -0.1) is 35.7 Å². The second-order valence-corrected chi connectivity index (χ2v) is 7.99. The fraction of sp³-hybridized carbons (Fsp3) is 0.333. The highest BCUT2D eigenvalue weighted by atomic mass is 127. The Balaban J connectivity index is 0.00000450. The molecule has 9 heteroatoms. The third kappa shape index (κ3) is 9.90. The largest absolute Gasteiger partial charge is 0.497 e. The Hall–Kier alpha value is -1.65. The zero-order valence-electron chi connectivity index (χ0n) is 17.4. The van der Waals surface area contributed by atoms with Crippen molar-refractivity contribution in [2.45, 2.75) is 11.4 Å². The lowest BCUT2D eigenvalue weighted by molar-refractivity contribution is -0.127. The molecule has 0 saturated heterocycles. The molecule has 0 aromatic heterocycles. The van der Waals surface area contributed by atoms with Gasteiger partial charge in [-0.1, -0.05) is 23.7 Å². The number of methoxy groups -OCH3 is 1. The quantitative estimate of drug-likeness (QED) is 0.160. The fourth-order valence-electron chi connectivity index (χ4n) is 2.26. The first-order chi connectivity index (χ1) is 14.0. The second kappa shape index (κ2) is 14.4. The number of aliphatic imine (C=N–C) groups is 1. The second-order valence-electron chi connectivity index (χ2n) is 6.38. The van der Waals surface area contributed by atoms with E-state index in [1.54, 1.807) is 37.9 Å². The molecule has 0 atom stereocenters. The summed E-state index contributed by atoms with van der Waals surface area (Å²) in [6.07, 6.45) is 0. The number of carbonyl (C=O) groups excluding carboxylic acids is 1. The van der Waals surface area contributed by atoms with Crippen molar-refractivity contribution in [2.75, 3.05) is 40.0 Å². The van der Waals surface area contributed by atoms with Gasteiger partial charge in [-0.25, -0.2) is 4.99 Å². The molecule has 30 heavy (non-hydrogen) atoms. The van der Waals surface area contributed by atoms with E-state index in [1.165, 1.54) is 0 Å². The topological polar surface area (TPSA) is 66.0 Å². The molecule has 2 N–H and O–H groups in total. The number of guanidine groups is 1. The number of thioether (sulfide) groups is 1. The molecule has 0 fully saturated rings. The molecule has 0 aliphatic heterocycles. The predicted octanol–water partition coefficient (Wildman–Crippen LogP) is 3.88. The third-order valence-electron chi connectivity index (χ3n) is 3.96. The molecule has 0 saturated carbocycles. The lowest BCUT2D eigenvalue weighted by atomic mass is 10.2. The van der Waals surface area contributed by atoms with E-state index in [9.17, 15) is 4.79 Å². The van der Waals surface area contributed by atoms with Gasteiger partial charge in [0.25, 0.3) is 0 Å². The number of hydrogen-bond acceptors (Lipinski definition) is 4. The molecule has 0 aliphatic rings. The van der Waals surface area contributed by atoms with Crippen molar-refractivity contribution >= 4 is 59.2 Å². The summed E-state index contributed by atoms with van der Waals surface area (Å²) >= 11 is 7.64. The van der Waals surface area contributed by atoms with E-state index >= 15 is 0 Å². The molecule has 0 spiro atoms. The Bertz CT molecular complexity index is 802. The standard InChI is InChI=1S/C21H27ClN4O2S.HI/c1-26(2)20(27)15-25-21(24-14-16-4-8-18(28-3)9-5-16)23-12-13-29-19-10-6-17(22)7-11-19;/h4-11H,12-15H2,1-3H3,(H2,23,24,25);1H. The van der Waals surface area contributed by atoms with Crippen molar-refractivity contribution in [3.63, 3.8) is 0 Å². The molecule has 0 bridgehead atoms. The van der Waals surface area contributed by atoms with Crippen molar-refractivity contribution < 1.29 is 9.53 Å². The summed E-state index contributed by atoms with van der Waals surface area (Å²) in [6.45, 7) is 1.39. The third-order valence-corrected chi connectivity index (χ3v) is 5.23. The Morgan fingerprint density at radius 1 is 1.10 bits per heavy atom. The normalized spacial score (nSPS) is 10.7. The van der Waals surface area contributed by atoms with Crippen LogP contribution in [0, 0.1) is 0 Å². The van der Waals surface area contributed by atoms with Crippen LogP contribution in [0.3, 0.4) is 0 Å². The minimum Gasteiger partial charge on any atom is -0.497 e. The number of hydrogen-bond donors (Lipinski definition) is 2. The number of likely N-dealkylation sites (N-methyl/N-ethyl adjacent to an activating group) is 1. The highest BCUT2D eigenvalue weighted by molar-refractivity contribution is 14.0. The average Bonchev–Trinajstić information content (AvgIpc) is 2.73. The lowest BCUT2D eigenvalue weighted by Gasteiger charge is -2.15. The Morgan fingerprint density at radius 3 is 2.37 bits per heavy atom. The van der Waals surface area contributed by atoms with Crippen LogP contribution in [0.15, 0.2) is 58.4 Å². The van der Waals surface area contributed by atoms with Gasteiger partial charge >= 0.3 is 0 Å². The van der Waals surface area contributed by atoms with Crippen LogP contribution in [0.1, 0.15) is 5.56 Å². The summed E-state index contributed by atoms with van der Waals surface area (Å²) in [6, 6.07) is 15.5. The van der Waals surface area contributed by atoms with Crippen molar-refractivity contribution in [1.82, 2.24) is 15.5 Å². The Kier molecular flexibility index (Phi) is 12.6. The van der Waals surface area contributed by atoms with Gasteiger partial charge in [0, 0.05) is 36.3 Å². The summed E-state index contributed by atoms with van der Waals surface area (Å²) in [5, 5.41) is 7.11. The van der Waals surface area contributed by atoms with E-state index in [0.29, 0.717) is 19.0 Å². The van der Waals surface area contributed by atoms with Crippen molar-refractivity contribution in [3.8, 4) is 5.75 Å². The van der Waals surface area contributed by atoms with Gasteiger partial charge in [-0.05, 0) is 42.0 Å². The number of nitrogens with one attached hydrogen (secondary N) is 2. The van der Waals surface area contributed by atoms with Crippen LogP contribution in [-0.4, -0.2) is 56.8 Å². The van der Waals surface area contributed by atoms with Crippen LogP contribution in [0.5, 0.6) is 5.75 Å². The molecule has 2 aromatic rings. The number of carbonyl (C=O) groups is 1. The maximum Gasteiger partial charge on any atom is 0.241 e. The Labute approximate surface area is 204 Å². The summed E-state index contributed by atoms with van der Waals surface area (Å²) in [5.41, 5.74) is 1.06. The van der Waals surface area contributed by atoms with Crippen LogP contribution in [0.2, 0.25) is 5.02 Å². The average molecular weight is 563 g/mol. The van der Waals surface area contributed by atoms with Gasteiger partial charge in [0.05, 0.1) is 20.2 Å². The minimum atomic E-state index is -0.0144. The lowest BCUT2D eigenvalue weighted by Crippen LogP contribution is -2.43. The van der Waals surface area contributed by atoms with Gasteiger partial charge in [0.1, 0.15) is 5.75 Å². The highest BCUT2D eigenvalue weighted by Crippen LogP contribution is 2.19. The summed E-state index contributed by atoms with van der Waals surface area (Å²) in [7, 11) is 5.10. The number of ether oxygens (including phenoxy) is 1. The molecule has 6 nitrogen and oxygen atoms in total. The maximum atomic E-state index is 11.9. The van der Waals surface area contributed by atoms with E-state index in [0.717, 1.165) is 27.0 Å². The van der Waals surface area contributed by atoms with Crippen LogP contribution >= 0.6 is 47.3 Å². The highest BCUT2D eigenvalue weighted by Gasteiger charge is 2.06. The molecular formula is C21H28ClIN4O2S. The van der Waals surface area contributed by atoms with Crippen LogP contribution in [-0.2, 0) is 11.3 Å². The number of benzene rings is 2. The smallest absolute Gasteiger partial charge is 0.241 e. The van der Waals surface area contributed by atoms with Gasteiger partial charge in [-0.3, -0.25) is 4.79 Å². The molecule has 0 heterocycles. The first-order valence-electron chi connectivity index (χ1n) is 9.21. The molecule has 2 aromatic carbocycles. The summed E-state index contributed by atoms with van der Waals surface area (Å²) in [5.74, 6) is 2.25. The number of amides is 1. The summed E-state index contributed by atoms with van der Waals surface area (Å²) < 4.78 is 5.18. The molecule has 0 aliphatic carbocycles. The molecule has 164 valence electrons. The van der Waals surface area contributed by atoms with Crippen LogP contribution < -0.4 is 15.4 Å². The molecule has 1 amide bonds. The van der Waals surface area contributed by atoms with Crippen molar-refractivity contribution in [2.24, 2.45) is 4.99 Å². The monoisotopic (exact) mass is 562 g/mol. The Morgan fingerprint density at radius 2 is 1.77 bits per heavy atom. The predicted molar refractivity (Wildman–Crippen MR) is 136 cm³/mol. The fourth-order valence-corrected chi connectivity index (χ4v) is 3.16. The van der Waals surface area contributed by atoms with Crippen molar-refractivity contribution in [3.05, 3.63) is 59.1 Å². The molecule has 0 unspecified atom stereocenters. The number of rotatable bonds is 9. The first kappa shape index (κ1) is 26.4. The first-order valence-corrected chi connectivity index (χ1v) is 10.6. The number of halogens is 2. The minimum absolute atomic E-state index is 0. The van der Waals surface area contributed by atoms with Gasteiger partial charge in [-0.2, -0.15) is 0 Å². The molecular weight excluding hydrogens is 535 g/mol. The maximum absolute atomic E-state index is 11.9. The van der Waals surface area contributed by atoms with E-state index in [2.05, 4.69) is 15.6 Å². The van der Waals surface area contributed by atoms with E-state index in [4.69, 9.17) is 16.3 Å². The summed E-state index contributed by atoms with van der Waals surface area (Å²) in [4.78, 5) is 19.2. The molecule has 2 rings (SSSR count). The zero-order chi connectivity index (χ0) is 21.1. The number of nitrogens with zero attached hydrogens (tertiary/aromatic N) is 2. The SMILES string of the molecule is COc1ccc(CN=C(NCCSc2ccc(Cl)cc2)NCC(=O)N(C)C)cc1.I. The van der Waals surface area contributed by atoms with E-state index < -0.39 is 0 Å². The van der Waals surface area contributed by atoms with E-state index in [1.807, 2.05) is 48.5 Å². The molecule has 0 radical (unpaired) electrons. The zero-order valence-corrected chi connectivity index (χ0v) is 21.3. The van der Waals surface area contributed by atoms with Gasteiger partial charge in [0.15, 0.2) is 5.96 Å². The van der Waals surface area contributed by atoms with Crippen molar-refractivity contribution in [1.29, 1.82) is 0 Å². The van der Waals surface area contributed by atoms with Crippen LogP contribution in [0.25, 0.3) is 0 Å².